The number of halogens is 1. The molecule has 1 amide bonds. The molecule has 2 rings (SSSR count). The van der Waals surface area contributed by atoms with Crippen molar-refractivity contribution >= 4 is 17.3 Å². The highest BCUT2D eigenvalue weighted by atomic mass is 19.1. The molecule has 108 valence electrons. The standard InChI is InChI=1S/C13H10FN3O4/c1-7-3-2-4-9(11(7)14)16-12(18)8-5-10(17(20)21)13(19)15-6-8/h2-6H,1H3,(H,15,19)(H,16,18). The predicted molar refractivity (Wildman–Crippen MR) is 72.8 cm³/mol. The lowest BCUT2D eigenvalue weighted by molar-refractivity contribution is -0.386. The van der Waals surface area contributed by atoms with Crippen molar-refractivity contribution in [2.45, 2.75) is 6.92 Å². The quantitative estimate of drug-likeness (QED) is 0.666. The molecular formula is C13H10FN3O4. The minimum Gasteiger partial charge on any atom is -0.322 e. The molecule has 0 radical (unpaired) electrons. The van der Waals surface area contributed by atoms with Crippen LogP contribution in [0.3, 0.4) is 0 Å². The van der Waals surface area contributed by atoms with Crippen molar-refractivity contribution in [3.63, 3.8) is 0 Å². The number of pyridine rings is 1. The summed E-state index contributed by atoms with van der Waals surface area (Å²) in [4.78, 5) is 35.0. The molecule has 7 nitrogen and oxygen atoms in total. The summed E-state index contributed by atoms with van der Waals surface area (Å²) < 4.78 is 13.8. The summed E-state index contributed by atoms with van der Waals surface area (Å²) in [6.45, 7) is 1.54. The monoisotopic (exact) mass is 291 g/mol. The number of benzene rings is 1. The number of carbonyl (C=O) groups is 1. The van der Waals surface area contributed by atoms with Crippen LogP contribution in [0.1, 0.15) is 15.9 Å². The summed E-state index contributed by atoms with van der Waals surface area (Å²) in [7, 11) is 0. The highest BCUT2D eigenvalue weighted by Gasteiger charge is 2.17. The summed E-state index contributed by atoms with van der Waals surface area (Å²) in [6, 6.07) is 5.29. The second-order valence-electron chi connectivity index (χ2n) is 4.25. The summed E-state index contributed by atoms with van der Waals surface area (Å²) in [5.41, 5.74) is -1.53. The first-order chi connectivity index (χ1) is 9.90. The molecule has 0 aliphatic carbocycles. The van der Waals surface area contributed by atoms with Crippen LogP contribution in [0.4, 0.5) is 15.8 Å². The van der Waals surface area contributed by atoms with Gasteiger partial charge in [-0.2, -0.15) is 0 Å². The van der Waals surface area contributed by atoms with E-state index in [0.29, 0.717) is 5.56 Å². The first-order valence-corrected chi connectivity index (χ1v) is 5.83. The summed E-state index contributed by atoms with van der Waals surface area (Å²) in [6.07, 6.45) is 1.03. The SMILES string of the molecule is Cc1cccc(NC(=O)c2c[nH]c(=O)c([N+](=O)[O-])c2)c1F. The smallest absolute Gasteiger partial charge is 0.322 e. The Kier molecular flexibility index (Phi) is 3.79. The lowest BCUT2D eigenvalue weighted by Crippen LogP contribution is -2.18. The number of amides is 1. The Balaban J connectivity index is 2.33. The van der Waals surface area contributed by atoms with Gasteiger partial charge in [0.25, 0.3) is 5.91 Å². The Hall–Kier alpha value is -3.03. The first-order valence-electron chi connectivity index (χ1n) is 5.83. The predicted octanol–water partition coefficient (Wildman–Crippen LogP) is 1.98. The fraction of sp³-hybridized carbons (Fsp3) is 0.0769. The molecule has 0 saturated carbocycles. The largest absolute Gasteiger partial charge is 0.334 e. The topological polar surface area (TPSA) is 105 Å². The van der Waals surface area contributed by atoms with Crippen LogP contribution in [-0.4, -0.2) is 15.8 Å². The summed E-state index contributed by atoms with van der Waals surface area (Å²) in [5, 5.41) is 12.9. The highest BCUT2D eigenvalue weighted by Crippen LogP contribution is 2.18. The van der Waals surface area contributed by atoms with E-state index in [1.54, 1.807) is 6.07 Å². The maximum absolute atomic E-state index is 13.8. The molecule has 1 aromatic carbocycles. The van der Waals surface area contributed by atoms with Gasteiger partial charge in [0.05, 0.1) is 16.2 Å². The van der Waals surface area contributed by atoms with Gasteiger partial charge in [-0.15, -0.1) is 0 Å². The number of nitro groups is 1. The minimum atomic E-state index is -0.918. The molecule has 0 fully saturated rings. The molecule has 0 unspecified atom stereocenters. The third-order valence-electron chi connectivity index (χ3n) is 2.78. The van der Waals surface area contributed by atoms with Crippen LogP contribution in [0.15, 0.2) is 35.3 Å². The number of H-pyrrole nitrogens is 1. The van der Waals surface area contributed by atoms with Crippen molar-refractivity contribution in [2.75, 3.05) is 5.32 Å². The lowest BCUT2D eigenvalue weighted by atomic mass is 10.2. The van der Waals surface area contributed by atoms with E-state index >= 15 is 0 Å². The molecule has 2 N–H and O–H groups in total. The van der Waals surface area contributed by atoms with Crippen molar-refractivity contribution in [3.8, 4) is 0 Å². The van der Waals surface area contributed by atoms with Gasteiger partial charge in [0.2, 0.25) is 0 Å². The van der Waals surface area contributed by atoms with Crippen molar-refractivity contribution in [1.82, 2.24) is 4.98 Å². The van der Waals surface area contributed by atoms with Crippen molar-refractivity contribution in [2.24, 2.45) is 0 Å². The van der Waals surface area contributed by atoms with Gasteiger partial charge in [-0.05, 0) is 18.6 Å². The van der Waals surface area contributed by atoms with Crippen molar-refractivity contribution in [1.29, 1.82) is 0 Å². The highest BCUT2D eigenvalue weighted by molar-refractivity contribution is 6.04. The Morgan fingerprint density at radius 3 is 2.81 bits per heavy atom. The third-order valence-corrected chi connectivity index (χ3v) is 2.78. The van der Waals surface area contributed by atoms with Crippen LogP contribution in [0.2, 0.25) is 0 Å². The molecule has 0 spiro atoms. The fourth-order valence-corrected chi connectivity index (χ4v) is 1.68. The van der Waals surface area contributed by atoms with E-state index in [4.69, 9.17) is 0 Å². The maximum Gasteiger partial charge on any atom is 0.334 e. The molecule has 0 bridgehead atoms. The molecule has 0 aliphatic rings. The van der Waals surface area contributed by atoms with Gasteiger partial charge in [-0.3, -0.25) is 19.7 Å². The van der Waals surface area contributed by atoms with Crippen LogP contribution >= 0.6 is 0 Å². The zero-order valence-corrected chi connectivity index (χ0v) is 10.8. The normalized spacial score (nSPS) is 10.2. The zero-order chi connectivity index (χ0) is 15.6. The van der Waals surface area contributed by atoms with E-state index in [0.717, 1.165) is 12.3 Å². The van der Waals surface area contributed by atoms with Crippen molar-refractivity contribution in [3.05, 3.63) is 67.9 Å². The number of hydrogen-bond acceptors (Lipinski definition) is 4. The summed E-state index contributed by atoms with van der Waals surface area (Å²) in [5.74, 6) is -1.36. The zero-order valence-electron chi connectivity index (χ0n) is 10.8. The number of aromatic amines is 1. The van der Waals surface area contributed by atoms with E-state index in [2.05, 4.69) is 10.3 Å². The Morgan fingerprint density at radius 2 is 2.14 bits per heavy atom. The Bertz CT molecular complexity index is 785. The first kappa shape index (κ1) is 14.4. The molecule has 1 aromatic heterocycles. The number of rotatable bonds is 3. The molecular weight excluding hydrogens is 281 g/mol. The number of nitrogens with zero attached hydrogens (tertiary/aromatic N) is 1. The number of aromatic nitrogens is 1. The van der Waals surface area contributed by atoms with Crippen LogP contribution in [-0.2, 0) is 0 Å². The Morgan fingerprint density at radius 1 is 1.43 bits per heavy atom. The molecule has 0 saturated heterocycles. The summed E-state index contributed by atoms with van der Waals surface area (Å²) >= 11 is 0. The number of carbonyl (C=O) groups excluding carboxylic acids is 1. The maximum atomic E-state index is 13.8. The fourth-order valence-electron chi connectivity index (χ4n) is 1.68. The van der Waals surface area contributed by atoms with Crippen LogP contribution < -0.4 is 10.9 Å². The number of hydrogen-bond donors (Lipinski definition) is 2. The van der Waals surface area contributed by atoms with Gasteiger partial charge in [0.15, 0.2) is 0 Å². The van der Waals surface area contributed by atoms with Crippen LogP contribution in [0.25, 0.3) is 0 Å². The van der Waals surface area contributed by atoms with Gasteiger partial charge >= 0.3 is 11.2 Å². The minimum absolute atomic E-state index is 0.0474. The number of anilines is 1. The van der Waals surface area contributed by atoms with E-state index < -0.39 is 27.9 Å². The average molecular weight is 291 g/mol. The molecule has 0 aliphatic heterocycles. The van der Waals surface area contributed by atoms with Crippen LogP contribution in [0, 0.1) is 22.9 Å². The molecule has 2 aromatic rings. The van der Waals surface area contributed by atoms with Crippen LogP contribution in [0.5, 0.6) is 0 Å². The molecule has 21 heavy (non-hydrogen) atoms. The molecule has 8 heteroatoms. The lowest BCUT2D eigenvalue weighted by Gasteiger charge is -2.07. The van der Waals surface area contributed by atoms with Gasteiger partial charge in [0, 0.05) is 12.3 Å². The van der Waals surface area contributed by atoms with Gasteiger partial charge in [0.1, 0.15) is 5.82 Å². The van der Waals surface area contributed by atoms with Gasteiger partial charge < -0.3 is 10.3 Å². The average Bonchev–Trinajstić information content (AvgIpc) is 2.44. The van der Waals surface area contributed by atoms with Gasteiger partial charge in [-0.1, -0.05) is 12.1 Å². The Labute approximate surface area is 117 Å². The second-order valence-corrected chi connectivity index (χ2v) is 4.25. The molecule has 0 atom stereocenters. The third kappa shape index (κ3) is 2.94. The van der Waals surface area contributed by atoms with E-state index in [9.17, 15) is 24.1 Å². The van der Waals surface area contributed by atoms with E-state index in [1.165, 1.54) is 19.1 Å². The molecule has 1 heterocycles. The number of aryl methyl sites for hydroxylation is 1. The number of nitrogens with one attached hydrogen (secondary N) is 2. The van der Waals surface area contributed by atoms with E-state index in [1.807, 2.05) is 0 Å². The van der Waals surface area contributed by atoms with Crippen molar-refractivity contribution < 1.29 is 14.1 Å². The second kappa shape index (κ2) is 5.53. The van der Waals surface area contributed by atoms with E-state index in [-0.39, 0.29) is 11.3 Å². The van der Waals surface area contributed by atoms with Gasteiger partial charge in [-0.25, -0.2) is 4.39 Å².